The van der Waals surface area contributed by atoms with Gasteiger partial charge in [-0.2, -0.15) is 5.10 Å². The van der Waals surface area contributed by atoms with E-state index < -0.39 is 0 Å². The van der Waals surface area contributed by atoms with Crippen molar-refractivity contribution in [2.75, 3.05) is 11.9 Å². The van der Waals surface area contributed by atoms with E-state index in [2.05, 4.69) is 37.3 Å². The minimum Gasteiger partial charge on any atom is -0.323 e. The van der Waals surface area contributed by atoms with Crippen molar-refractivity contribution in [1.29, 1.82) is 0 Å². The third-order valence-electron chi connectivity index (χ3n) is 6.94. The maximum Gasteiger partial charge on any atom is 0.154 e. The lowest BCUT2D eigenvalue weighted by Crippen LogP contribution is -2.41. The number of aromatic amines is 1. The summed E-state index contributed by atoms with van der Waals surface area (Å²) in [6.07, 6.45) is 3.88. The molecule has 3 aromatic heterocycles. The van der Waals surface area contributed by atoms with Crippen LogP contribution in [0.2, 0.25) is 5.02 Å². The lowest BCUT2D eigenvalue weighted by atomic mass is 9.87. The monoisotopic (exact) mass is 522 g/mol. The Kier molecular flexibility index (Phi) is 7.48. The third kappa shape index (κ3) is 5.81. The van der Waals surface area contributed by atoms with Gasteiger partial charge in [-0.15, -0.1) is 0 Å². The lowest BCUT2D eigenvalue weighted by Gasteiger charge is -2.38. The molecular formula is C28H29ClF2N6. The van der Waals surface area contributed by atoms with Crippen LogP contribution in [0.4, 0.5) is 20.4 Å². The van der Waals surface area contributed by atoms with Crippen molar-refractivity contribution in [2.45, 2.75) is 45.7 Å². The minimum absolute atomic E-state index is 0.142. The second-order valence-corrected chi connectivity index (χ2v) is 10.1. The van der Waals surface area contributed by atoms with Gasteiger partial charge in [0.15, 0.2) is 11.6 Å². The number of benzene rings is 1. The number of nitrogens with zero attached hydrogens (tertiary/aromatic N) is 4. The molecule has 2 N–H and O–H groups in total. The molecular weight excluding hydrogens is 494 g/mol. The van der Waals surface area contributed by atoms with Crippen molar-refractivity contribution < 1.29 is 8.78 Å². The molecule has 0 saturated carbocycles. The molecule has 4 aromatic rings. The van der Waals surface area contributed by atoms with Gasteiger partial charge in [0.05, 0.1) is 16.4 Å². The lowest BCUT2D eigenvalue weighted by molar-refractivity contribution is 0.113. The van der Waals surface area contributed by atoms with Crippen molar-refractivity contribution in [1.82, 2.24) is 25.1 Å². The molecule has 1 fully saturated rings. The van der Waals surface area contributed by atoms with Gasteiger partial charge in [0.1, 0.15) is 11.6 Å². The van der Waals surface area contributed by atoms with Crippen molar-refractivity contribution in [3.63, 3.8) is 0 Å². The molecule has 2 atom stereocenters. The predicted molar refractivity (Wildman–Crippen MR) is 142 cm³/mol. The first-order chi connectivity index (χ1) is 17.9. The van der Waals surface area contributed by atoms with Crippen LogP contribution in [0.15, 0.2) is 54.7 Å². The Morgan fingerprint density at radius 3 is 2.70 bits per heavy atom. The largest absolute Gasteiger partial charge is 0.323 e. The maximum absolute atomic E-state index is 15.8. The number of nitrogens with one attached hydrogen (secondary N) is 2. The van der Waals surface area contributed by atoms with Gasteiger partial charge in [-0.25, -0.2) is 13.8 Å². The molecule has 1 aromatic carbocycles. The first-order valence-corrected chi connectivity index (χ1v) is 12.8. The van der Waals surface area contributed by atoms with Gasteiger partial charge in [0.25, 0.3) is 0 Å². The van der Waals surface area contributed by atoms with Gasteiger partial charge in [0, 0.05) is 41.7 Å². The van der Waals surface area contributed by atoms with Gasteiger partial charge < -0.3 is 5.32 Å². The number of piperidine rings is 1. The highest BCUT2D eigenvalue weighted by molar-refractivity contribution is 6.30. The molecule has 5 rings (SSSR count). The van der Waals surface area contributed by atoms with Gasteiger partial charge in [-0.3, -0.25) is 15.0 Å². The molecule has 6 nitrogen and oxygen atoms in total. The Morgan fingerprint density at radius 1 is 1.11 bits per heavy atom. The fraction of sp³-hybridized carbons (Fsp3) is 0.321. The van der Waals surface area contributed by atoms with E-state index in [0.717, 1.165) is 25.1 Å². The van der Waals surface area contributed by atoms with Crippen LogP contribution in [0.5, 0.6) is 0 Å². The molecule has 0 bridgehead atoms. The number of hydrogen-bond donors (Lipinski definition) is 2. The Bertz CT molecular complexity index is 1380. The number of rotatable bonds is 7. The van der Waals surface area contributed by atoms with Crippen LogP contribution in [-0.2, 0) is 13.0 Å². The Morgan fingerprint density at radius 2 is 1.97 bits per heavy atom. The summed E-state index contributed by atoms with van der Waals surface area (Å²) in [4.78, 5) is 11.3. The Labute approximate surface area is 220 Å². The first kappa shape index (κ1) is 25.3. The smallest absolute Gasteiger partial charge is 0.154 e. The summed E-state index contributed by atoms with van der Waals surface area (Å²) >= 11 is 5.97. The van der Waals surface area contributed by atoms with Crippen LogP contribution in [0.1, 0.15) is 36.7 Å². The number of aromatic nitrogens is 4. The Hall–Kier alpha value is -3.36. The number of hydrogen-bond acceptors (Lipinski definition) is 5. The molecule has 1 saturated heterocycles. The average molecular weight is 523 g/mol. The molecule has 1 aliphatic heterocycles. The molecule has 0 spiro atoms. The third-order valence-corrected chi connectivity index (χ3v) is 7.23. The SMILES string of the molecule is Cc1cc(Nc2cc(-c3ccccn3)c(F)c(CC3CCN(Cc4cccc(Cl)c4F)[C@H](C)C3)n2)n[nH]1. The summed E-state index contributed by atoms with van der Waals surface area (Å²) in [5.41, 5.74) is 2.87. The summed E-state index contributed by atoms with van der Waals surface area (Å²) in [5, 5.41) is 10.4. The number of halogens is 3. The molecule has 1 unspecified atom stereocenters. The van der Waals surface area contributed by atoms with Crippen LogP contribution < -0.4 is 5.32 Å². The minimum atomic E-state index is -0.358. The van der Waals surface area contributed by atoms with Crippen molar-refractivity contribution in [2.24, 2.45) is 5.92 Å². The number of H-pyrrole nitrogens is 1. The summed E-state index contributed by atoms with van der Waals surface area (Å²) in [7, 11) is 0. The number of pyridine rings is 2. The highest BCUT2D eigenvalue weighted by Crippen LogP contribution is 2.32. The molecule has 0 aliphatic carbocycles. The predicted octanol–water partition coefficient (Wildman–Crippen LogP) is 6.69. The number of anilines is 2. The topological polar surface area (TPSA) is 69.7 Å². The van der Waals surface area contributed by atoms with E-state index in [-0.39, 0.29) is 28.6 Å². The van der Waals surface area contributed by atoms with Crippen LogP contribution in [0.25, 0.3) is 11.3 Å². The van der Waals surface area contributed by atoms with E-state index in [1.165, 1.54) is 0 Å². The van der Waals surface area contributed by atoms with E-state index in [4.69, 9.17) is 11.6 Å². The average Bonchev–Trinajstić information content (AvgIpc) is 3.30. The number of aryl methyl sites for hydroxylation is 1. The molecule has 4 heterocycles. The zero-order valence-corrected chi connectivity index (χ0v) is 21.6. The summed E-state index contributed by atoms with van der Waals surface area (Å²) in [5.74, 6) is 0.675. The van der Waals surface area contributed by atoms with E-state index in [0.29, 0.717) is 47.1 Å². The fourth-order valence-corrected chi connectivity index (χ4v) is 5.20. The maximum atomic E-state index is 15.8. The highest BCUT2D eigenvalue weighted by atomic mass is 35.5. The second kappa shape index (κ2) is 10.9. The molecule has 1 aliphatic rings. The molecule has 0 radical (unpaired) electrons. The Balaban J connectivity index is 1.35. The zero-order valence-electron chi connectivity index (χ0n) is 20.8. The van der Waals surface area contributed by atoms with Crippen LogP contribution >= 0.6 is 11.6 Å². The number of likely N-dealkylation sites (tertiary alicyclic amines) is 1. The highest BCUT2D eigenvalue weighted by Gasteiger charge is 2.28. The van der Waals surface area contributed by atoms with E-state index >= 15 is 4.39 Å². The van der Waals surface area contributed by atoms with Crippen LogP contribution in [0.3, 0.4) is 0 Å². The van der Waals surface area contributed by atoms with Gasteiger partial charge in [-0.05, 0) is 69.8 Å². The molecule has 0 amide bonds. The van der Waals surface area contributed by atoms with E-state index in [1.807, 2.05) is 19.1 Å². The van der Waals surface area contributed by atoms with E-state index in [9.17, 15) is 4.39 Å². The molecule has 192 valence electrons. The van der Waals surface area contributed by atoms with Crippen LogP contribution in [-0.4, -0.2) is 37.7 Å². The van der Waals surface area contributed by atoms with Crippen LogP contribution in [0, 0.1) is 24.5 Å². The van der Waals surface area contributed by atoms with E-state index in [1.54, 1.807) is 42.6 Å². The fourth-order valence-electron chi connectivity index (χ4n) is 5.00. The van der Waals surface area contributed by atoms with Crippen molar-refractivity contribution >= 4 is 23.2 Å². The van der Waals surface area contributed by atoms with Crippen molar-refractivity contribution in [3.05, 3.63) is 88.3 Å². The summed E-state index contributed by atoms with van der Waals surface area (Å²) < 4.78 is 30.2. The van der Waals surface area contributed by atoms with Gasteiger partial charge in [-0.1, -0.05) is 29.8 Å². The second-order valence-electron chi connectivity index (χ2n) is 9.72. The normalized spacial score (nSPS) is 18.2. The summed E-state index contributed by atoms with van der Waals surface area (Å²) in [6, 6.07) is 14.3. The summed E-state index contributed by atoms with van der Waals surface area (Å²) in [6.45, 7) is 5.33. The first-order valence-electron chi connectivity index (χ1n) is 12.4. The van der Waals surface area contributed by atoms with Gasteiger partial charge >= 0.3 is 0 Å². The van der Waals surface area contributed by atoms with Crippen molar-refractivity contribution in [3.8, 4) is 11.3 Å². The standard InChI is InChI=1S/C28H29ClF2N6/c1-17-12-26(36-35-17)34-25-15-21(23-8-3-4-10-32-23)28(31)24(33-25)14-19-9-11-37(18(2)13-19)16-20-6-5-7-22(29)27(20)30/h3-8,10,12,15,18-19H,9,11,13-14,16H2,1-2H3,(H2,33,34,35,36)/t18-,19?/m1/s1. The van der Waals surface area contributed by atoms with Gasteiger partial charge in [0.2, 0.25) is 0 Å². The zero-order chi connectivity index (χ0) is 25.9. The molecule has 37 heavy (non-hydrogen) atoms. The molecule has 9 heteroatoms. The quantitative estimate of drug-likeness (QED) is 0.283.